The van der Waals surface area contributed by atoms with Crippen LogP contribution in [0.5, 0.6) is 0 Å². The van der Waals surface area contributed by atoms with Crippen LogP contribution in [0.3, 0.4) is 0 Å². The van der Waals surface area contributed by atoms with Crippen LogP contribution in [0, 0.1) is 0 Å². The van der Waals surface area contributed by atoms with Gasteiger partial charge in [-0.3, -0.25) is 0 Å². The van der Waals surface area contributed by atoms with Gasteiger partial charge in [0.1, 0.15) is 13.1 Å². The predicted molar refractivity (Wildman–Crippen MR) is 256 cm³/mol. The summed E-state index contributed by atoms with van der Waals surface area (Å²) in [6.45, 7) is 15.7. The molecule has 6 nitrogen and oxygen atoms in total. The molecule has 0 saturated carbocycles. The lowest BCUT2D eigenvalue weighted by molar-refractivity contribution is -0.527. The molecule has 0 unspecified atom stereocenters. The van der Waals surface area contributed by atoms with Crippen molar-refractivity contribution in [1.82, 2.24) is 0 Å². The molecule has 0 heterocycles. The van der Waals surface area contributed by atoms with Gasteiger partial charge in [-0.2, -0.15) is 0 Å². The molecule has 0 radical (unpaired) electrons. The number of ether oxygens (including phenoxy) is 4. The fourth-order valence-electron chi connectivity index (χ4n) is 8.57. The number of allylic oxidation sites excluding steroid dienone is 2. The zero-order valence-corrected chi connectivity index (χ0v) is 40.0. The van der Waals surface area contributed by atoms with E-state index in [-0.39, 0.29) is 0 Å². The molecule has 0 atom stereocenters. The second-order valence-corrected chi connectivity index (χ2v) is 17.3. The van der Waals surface area contributed by atoms with Crippen LogP contribution in [0.25, 0.3) is 6.08 Å². The van der Waals surface area contributed by atoms with Crippen LogP contribution in [-0.4, -0.2) is 78.1 Å². The highest BCUT2D eigenvalue weighted by molar-refractivity contribution is 6.05. The minimum Gasteiger partial charge on any atom is -0.380 e. The first kappa shape index (κ1) is 52.9. The van der Waals surface area contributed by atoms with Crippen LogP contribution < -0.4 is 4.90 Å². The average Bonchev–Trinajstić information content (AvgIpc) is 3.23. The van der Waals surface area contributed by atoms with E-state index in [1.54, 1.807) is 0 Å². The Morgan fingerprint density at radius 3 is 1.19 bits per heavy atom. The third-order valence-corrected chi connectivity index (χ3v) is 12.0. The zero-order chi connectivity index (χ0) is 42.8. The third kappa shape index (κ3) is 21.9. The monoisotopic (exact) mass is 822 g/mol. The molecule has 0 spiro atoms. The summed E-state index contributed by atoms with van der Waals surface area (Å²) in [5.41, 5.74) is 9.80. The molecule has 1 aliphatic rings. The highest BCUT2D eigenvalue weighted by atomic mass is 16.5. The first-order valence-corrected chi connectivity index (χ1v) is 24.6. The number of anilines is 1. The van der Waals surface area contributed by atoms with Crippen LogP contribution in [0.4, 0.5) is 5.69 Å². The van der Waals surface area contributed by atoms with E-state index in [0.29, 0.717) is 26.4 Å². The van der Waals surface area contributed by atoms with Crippen LogP contribution in [0.15, 0.2) is 41.0 Å². The summed E-state index contributed by atoms with van der Waals surface area (Å²) >= 11 is 0. The summed E-state index contributed by atoms with van der Waals surface area (Å²) in [6, 6.07) is 4.82. The minimum atomic E-state index is 0.542. The maximum absolute atomic E-state index is 5.95. The molecule has 0 amide bonds. The molecule has 0 saturated heterocycles. The number of rotatable bonds is 38. The highest BCUT2D eigenvalue weighted by Gasteiger charge is 2.24. The smallest absolute Gasteiger partial charge is 0.200 e. The Morgan fingerprint density at radius 1 is 0.458 bits per heavy atom. The summed E-state index contributed by atoms with van der Waals surface area (Å²) < 4.78 is 26.5. The number of unbranched alkanes of at least 4 members (excludes halogenated alkanes) is 20. The van der Waals surface area contributed by atoms with Gasteiger partial charge in [-0.25, -0.2) is 4.58 Å². The molecule has 0 aromatic heterocycles. The molecule has 1 aliphatic carbocycles. The van der Waals surface area contributed by atoms with E-state index in [2.05, 4.69) is 67.5 Å². The van der Waals surface area contributed by atoms with E-state index < -0.39 is 0 Å². The van der Waals surface area contributed by atoms with Gasteiger partial charge in [-0.05, 0) is 77.3 Å². The Balaban J connectivity index is 2.62. The number of hydrogen-bond donors (Lipinski definition) is 0. The predicted octanol–water partition coefficient (Wildman–Crippen LogP) is 14.2. The van der Waals surface area contributed by atoms with Crippen molar-refractivity contribution < 1.29 is 23.5 Å². The van der Waals surface area contributed by atoms with E-state index in [9.17, 15) is 0 Å². The van der Waals surface area contributed by atoms with Crippen LogP contribution in [0.1, 0.15) is 198 Å². The SMILES string of the molecule is CCCCCCCCN(CCCCCCCC)c1cc(COC)c(C=C2C(COC)=CC(=[N+](CCCCCCCC)CCCCCCCC)C=C2COC)c(COC)c1. The van der Waals surface area contributed by atoms with E-state index in [1.807, 2.05) is 28.4 Å². The molecule has 0 fully saturated rings. The van der Waals surface area contributed by atoms with Crippen molar-refractivity contribution in [2.75, 3.05) is 72.7 Å². The molecule has 0 bridgehead atoms. The average molecular weight is 822 g/mol. The standard InChI is InChI=1S/C53H93N2O4/c1-9-13-17-21-25-29-33-54(34-30-26-22-18-14-10-2)50-37-46(42-56-5)52(47(38-50)43-57-6)41-53-48(44-58-7)39-51(40-49(53)45-59-8)55(35-31-27-23-19-15-11-3)36-32-28-24-20-16-12-4/h37-41H,9-36,42-45H2,1-8H3/q+1. The summed E-state index contributed by atoms with van der Waals surface area (Å²) in [5, 5.41) is 0. The van der Waals surface area contributed by atoms with Crippen molar-refractivity contribution in [2.45, 2.75) is 195 Å². The van der Waals surface area contributed by atoms with Crippen molar-refractivity contribution in [3.8, 4) is 0 Å². The van der Waals surface area contributed by atoms with E-state index in [4.69, 9.17) is 18.9 Å². The second-order valence-electron chi connectivity index (χ2n) is 17.3. The Kier molecular flexibility index (Phi) is 31.7. The molecule has 59 heavy (non-hydrogen) atoms. The van der Waals surface area contributed by atoms with Crippen LogP contribution >= 0.6 is 0 Å². The van der Waals surface area contributed by atoms with Crippen LogP contribution in [-0.2, 0) is 32.2 Å². The number of methoxy groups -OCH3 is 4. The maximum Gasteiger partial charge on any atom is 0.200 e. The Hall–Kier alpha value is -2.25. The normalized spacial score (nSPS) is 12.9. The Labute approximate surface area is 365 Å². The highest BCUT2D eigenvalue weighted by Crippen LogP contribution is 2.33. The molecule has 6 heteroatoms. The maximum atomic E-state index is 5.95. The lowest BCUT2D eigenvalue weighted by atomic mass is 9.87. The van der Waals surface area contributed by atoms with Gasteiger partial charge in [-0.15, -0.1) is 0 Å². The van der Waals surface area contributed by atoms with Gasteiger partial charge < -0.3 is 23.8 Å². The first-order chi connectivity index (χ1) is 29.0. The second kappa shape index (κ2) is 35.4. The molecular formula is C53H93N2O4+. The number of benzene rings is 1. The van der Waals surface area contributed by atoms with Gasteiger partial charge >= 0.3 is 0 Å². The van der Waals surface area contributed by atoms with E-state index in [1.165, 1.54) is 199 Å². The van der Waals surface area contributed by atoms with Gasteiger partial charge in [0.25, 0.3) is 0 Å². The van der Waals surface area contributed by atoms with Crippen molar-refractivity contribution >= 4 is 17.5 Å². The number of nitrogens with zero attached hydrogens (tertiary/aromatic N) is 2. The molecule has 1 aromatic carbocycles. The number of hydrogen-bond acceptors (Lipinski definition) is 5. The topological polar surface area (TPSA) is 43.2 Å². The molecule has 0 N–H and O–H groups in total. The molecular weight excluding hydrogens is 729 g/mol. The van der Waals surface area contributed by atoms with E-state index >= 15 is 0 Å². The molecule has 2 rings (SSSR count). The summed E-state index contributed by atoms with van der Waals surface area (Å²) in [4.78, 5) is 2.66. The fourth-order valence-corrected chi connectivity index (χ4v) is 8.57. The van der Waals surface area contributed by atoms with Crippen molar-refractivity contribution in [3.05, 3.63) is 57.7 Å². The molecule has 338 valence electrons. The molecule has 1 aromatic rings. The Morgan fingerprint density at radius 2 is 0.814 bits per heavy atom. The minimum absolute atomic E-state index is 0.542. The van der Waals surface area contributed by atoms with Crippen molar-refractivity contribution in [3.63, 3.8) is 0 Å². The summed E-state index contributed by atoms with van der Waals surface area (Å²) in [7, 11) is 7.28. The Bertz CT molecular complexity index is 1260. The van der Waals surface area contributed by atoms with Gasteiger partial charge in [0.05, 0.1) is 26.4 Å². The quantitative estimate of drug-likeness (QED) is 0.0491. The first-order valence-electron chi connectivity index (χ1n) is 24.6. The zero-order valence-electron chi connectivity index (χ0n) is 40.0. The largest absolute Gasteiger partial charge is 0.380 e. The lowest BCUT2D eigenvalue weighted by Crippen LogP contribution is -2.26. The summed E-state index contributed by atoms with van der Waals surface area (Å²) in [5.74, 6) is 0. The van der Waals surface area contributed by atoms with Crippen molar-refractivity contribution in [1.29, 1.82) is 0 Å². The van der Waals surface area contributed by atoms with Crippen molar-refractivity contribution in [2.24, 2.45) is 0 Å². The van der Waals surface area contributed by atoms with E-state index in [0.717, 1.165) is 26.2 Å². The van der Waals surface area contributed by atoms with Gasteiger partial charge in [0, 0.05) is 72.2 Å². The summed E-state index contributed by atoms with van der Waals surface area (Å²) in [6.07, 6.45) is 38.6. The third-order valence-electron chi connectivity index (χ3n) is 12.0. The molecule has 0 aliphatic heterocycles. The fraction of sp³-hybridized carbons (Fsp3) is 0.755. The van der Waals surface area contributed by atoms with Gasteiger partial charge in [-0.1, -0.05) is 143 Å². The van der Waals surface area contributed by atoms with Gasteiger partial charge in [0.2, 0.25) is 5.71 Å². The van der Waals surface area contributed by atoms with Crippen LogP contribution in [0.2, 0.25) is 0 Å². The lowest BCUT2D eigenvalue weighted by Gasteiger charge is -2.28. The van der Waals surface area contributed by atoms with Gasteiger partial charge in [0.15, 0.2) is 0 Å².